The molecule has 5 aliphatic rings. The molecule has 1 aliphatic heterocycles. The number of hydrogen-bond donors (Lipinski definition) is 2. The van der Waals surface area contributed by atoms with Gasteiger partial charge in [-0.3, -0.25) is 9.69 Å². The molecular weight excluding hydrogens is 370 g/mol. The summed E-state index contributed by atoms with van der Waals surface area (Å²) >= 11 is 0. The lowest BCUT2D eigenvalue weighted by atomic mass is 9.52. The Hall–Kier alpha value is -1.44. The summed E-state index contributed by atoms with van der Waals surface area (Å²) in [4.78, 5) is 25.8. The first-order valence-electron chi connectivity index (χ1n) is 10.4. The van der Waals surface area contributed by atoms with Gasteiger partial charge in [0.2, 0.25) is 5.91 Å². The molecule has 8 heteroatoms. The molecule has 2 N–H and O–H groups in total. The molecule has 0 aromatic heterocycles. The Bertz CT molecular complexity index is 653. The Balaban J connectivity index is 1.45. The Labute approximate surface area is 164 Å². The van der Waals surface area contributed by atoms with Crippen molar-refractivity contribution in [3.63, 3.8) is 0 Å². The lowest BCUT2D eigenvalue weighted by Gasteiger charge is -2.59. The molecule has 0 spiro atoms. The zero-order valence-electron chi connectivity index (χ0n) is 16.5. The summed E-state index contributed by atoms with van der Waals surface area (Å²) in [5.41, 5.74) is -1.61. The zero-order chi connectivity index (χ0) is 20.3. The molecule has 6 nitrogen and oxygen atoms in total. The molecule has 0 radical (unpaired) electrons. The molecule has 1 amide bonds. The van der Waals surface area contributed by atoms with Crippen LogP contribution in [0.3, 0.4) is 0 Å². The molecule has 5 fully saturated rings. The van der Waals surface area contributed by atoms with Gasteiger partial charge in [-0.15, -0.1) is 0 Å². The zero-order valence-corrected chi connectivity index (χ0v) is 16.5. The third-order valence-electron chi connectivity index (χ3n) is 7.56. The van der Waals surface area contributed by atoms with E-state index >= 15 is 0 Å². The summed E-state index contributed by atoms with van der Waals surface area (Å²) in [7, 11) is 0. The van der Waals surface area contributed by atoms with Gasteiger partial charge in [0, 0.05) is 12.5 Å². The Kier molecular flexibility index (Phi) is 4.64. The van der Waals surface area contributed by atoms with Crippen molar-refractivity contribution in [1.82, 2.24) is 10.2 Å². The summed E-state index contributed by atoms with van der Waals surface area (Å²) in [6, 6.07) is -0.0286. The van der Waals surface area contributed by atoms with Gasteiger partial charge in [0.15, 0.2) is 0 Å². The van der Waals surface area contributed by atoms with Gasteiger partial charge in [-0.05, 0) is 76.7 Å². The number of amides is 1. The van der Waals surface area contributed by atoms with Crippen molar-refractivity contribution < 1.29 is 28.2 Å². The van der Waals surface area contributed by atoms with E-state index in [2.05, 4.69) is 5.32 Å². The van der Waals surface area contributed by atoms with Crippen molar-refractivity contribution in [2.45, 2.75) is 81.9 Å². The quantitative estimate of drug-likeness (QED) is 0.709. The molecule has 2 atom stereocenters. The first kappa shape index (κ1) is 19.9. The maximum atomic E-state index is 13.9. The predicted octanol–water partition coefficient (Wildman–Crippen LogP) is 3.25. The fourth-order valence-electron chi connectivity index (χ4n) is 6.41. The third kappa shape index (κ3) is 3.48. The topological polar surface area (TPSA) is 78.9 Å². The number of likely N-dealkylation sites (tertiary alicyclic amines) is 1. The van der Waals surface area contributed by atoms with Crippen molar-refractivity contribution in [3.8, 4) is 0 Å². The molecule has 2 unspecified atom stereocenters. The van der Waals surface area contributed by atoms with Crippen molar-refractivity contribution in [3.05, 3.63) is 0 Å². The molecule has 0 aromatic carbocycles. The van der Waals surface area contributed by atoms with E-state index in [1.54, 1.807) is 18.7 Å². The molecule has 1 heterocycles. The molecule has 4 aliphatic carbocycles. The van der Waals surface area contributed by atoms with E-state index in [-0.39, 0.29) is 36.8 Å². The molecule has 28 heavy (non-hydrogen) atoms. The second kappa shape index (κ2) is 6.54. The van der Waals surface area contributed by atoms with E-state index in [0.717, 1.165) is 19.3 Å². The number of rotatable bonds is 4. The number of carbonyl (C=O) groups excluding carboxylic acids is 1. The first-order chi connectivity index (χ1) is 13.0. The highest BCUT2D eigenvalue weighted by Crippen LogP contribution is 2.57. The second-order valence-corrected chi connectivity index (χ2v) is 9.96. The normalized spacial score (nSPS) is 39.6. The van der Waals surface area contributed by atoms with Gasteiger partial charge in [-0.2, -0.15) is 0 Å². The molecule has 4 bridgehead atoms. The minimum Gasteiger partial charge on any atom is -0.450 e. The smallest absolute Gasteiger partial charge is 0.450 e. The van der Waals surface area contributed by atoms with Crippen LogP contribution in [0.15, 0.2) is 0 Å². The number of carboxylic acid groups (broad SMARTS) is 1. The van der Waals surface area contributed by atoms with E-state index in [4.69, 9.17) is 9.84 Å². The van der Waals surface area contributed by atoms with Crippen molar-refractivity contribution >= 4 is 12.1 Å². The van der Waals surface area contributed by atoms with Crippen LogP contribution < -0.4 is 5.32 Å². The average molecular weight is 400 g/mol. The van der Waals surface area contributed by atoms with Gasteiger partial charge >= 0.3 is 6.16 Å². The number of nitrogens with zero attached hydrogens (tertiary/aromatic N) is 1. The average Bonchev–Trinajstić information content (AvgIpc) is 2.55. The van der Waals surface area contributed by atoms with Gasteiger partial charge in [0.25, 0.3) is 5.92 Å². The summed E-state index contributed by atoms with van der Waals surface area (Å²) in [5.74, 6) is -2.14. The maximum absolute atomic E-state index is 13.9. The van der Waals surface area contributed by atoms with Crippen LogP contribution in [0.5, 0.6) is 0 Å². The van der Waals surface area contributed by atoms with E-state index in [1.165, 1.54) is 0 Å². The summed E-state index contributed by atoms with van der Waals surface area (Å²) in [6.07, 6.45) is 3.02. The first-order valence-corrected chi connectivity index (χ1v) is 10.4. The highest BCUT2D eigenvalue weighted by atomic mass is 19.3. The van der Waals surface area contributed by atoms with Crippen LogP contribution in [0.2, 0.25) is 0 Å². The number of nitrogens with one attached hydrogen (secondary N) is 1. The fraction of sp³-hybridized carbons (Fsp3) is 0.900. The van der Waals surface area contributed by atoms with Crippen LogP contribution >= 0.6 is 0 Å². The minimum atomic E-state index is -2.75. The van der Waals surface area contributed by atoms with Crippen molar-refractivity contribution in [2.75, 3.05) is 13.1 Å². The van der Waals surface area contributed by atoms with E-state index in [0.29, 0.717) is 31.7 Å². The third-order valence-corrected chi connectivity index (χ3v) is 7.56. The molecule has 158 valence electrons. The number of ether oxygens (including phenoxy) is 1. The van der Waals surface area contributed by atoms with Gasteiger partial charge in [-0.1, -0.05) is 0 Å². The van der Waals surface area contributed by atoms with Crippen LogP contribution in [0, 0.1) is 17.8 Å². The summed E-state index contributed by atoms with van der Waals surface area (Å²) in [5, 5.41) is 12.3. The van der Waals surface area contributed by atoms with Crippen LogP contribution in [0.1, 0.15) is 58.8 Å². The lowest BCUT2D eigenvalue weighted by Crippen LogP contribution is -2.66. The summed E-state index contributed by atoms with van der Waals surface area (Å²) < 4.78 is 33.0. The van der Waals surface area contributed by atoms with Crippen LogP contribution in [-0.2, 0) is 9.53 Å². The number of piperidine rings is 1. The van der Waals surface area contributed by atoms with Gasteiger partial charge < -0.3 is 15.2 Å². The second-order valence-electron chi connectivity index (χ2n) is 9.96. The van der Waals surface area contributed by atoms with Crippen LogP contribution in [0.25, 0.3) is 0 Å². The van der Waals surface area contributed by atoms with Crippen LogP contribution in [-0.4, -0.2) is 58.3 Å². The largest absolute Gasteiger partial charge is 0.506 e. The number of carbonyl (C=O) groups is 2. The lowest BCUT2D eigenvalue weighted by molar-refractivity contribution is -0.160. The van der Waals surface area contributed by atoms with E-state index in [9.17, 15) is 18.4 Å². The number of hydrogen-bond acceptors (Lipinski definition) is 4. The van der Waals surface area contributed by atoms with Crippen LogP contribution in [0.4, 0.5) is 13.6 Å². The summed E-state index contributed by atoms with van der Waals surface area (Å²) in [6.45, 7) is 3.54. The molecule has 1 saturated heterocycles. The minimum absolute atomic E-state index is 0.0286. The fourth-order valence-corrected chi connectivity index (χ4v) is 6.41. The number of halogens is 2. The highest BCUT2D eigenvalue weighted by Gasteiger charge is 2.58. The monoisotopic (exact) mass is 400 g/mol. The molecular formula is C20H30F2N2O4. The van der Waals surface area contributed by atoms with Gasteiger partial charge in [-0.25, -0.2) is 13.6 Å². The molecule has 4 saturated carbocycles. The predicted molar refractivity (Wildman–Crippen MR) is 97.2 cm³/mol. The number of alkyl halides is 2. The Morgan fingerprint density at radius 3 is 2.39 bits per heavy atom. The molecule has 0 aromatic rings. The van der Waals surface area contributed by atoms with Crippen molar-refractivity contribution in [2.24, 2.45) is 17.8 Å². The van der Waals surface area contributed by atoms with E-state index < -0.39 is 23.2 Å². The van der Waals surface area contributed by atoms with Crippen molar-refractivity contribution in [1.29, 1.82) is 0 Å². The van der Waals surface area contributed by atoms with Gasteiger partial charge in [0.1, 0.15) is 5.60 Å². The van der Waals surface area contributed by atoms with E-state index in [1.807, 2.05) is 0 Å². The maximum Gasteiger partial charge on any atom is 0.506 e. The SMILES string of the molecule is CC(C)(C(=O)NC1C2CC3CC1CC(OC(=O)O)(C3)C2)N1CCCC(F)(F)C1. The Morgan fingerprint density at radius 2 is 1.82 bits per heavy atom. The van der Waals surface area contributed by atoms with Gasteiger partial charge in [0.05, 0.1) is 12.1 Å². The standard InChI is InChI=1S/C20H30F2N2O4/c1-18(2,24-5-3-4-20(21,22)11-24)16(25)23-15-13-6-12-7-14(15)10-19(8-12,9-13)28-17(26)27/h12-15H,3-11H2,1-2H3,(H,23,25)(H,26,27). The Morgan fingerprint density at radius 1 is 1.18 bits per heavy atom. The molecule has 5 rings (SSSR count). The highest BCUT2D eigenvalue weighted by molar-refractivity contribution is 5.85.